The zero-order chi connectivity index (χ0) is 20.1. The lowest BCUT2D eigenvalue weighted by Gasteiger charge is -2.38. The van der Waals surface area contributed by atoms with Crippen molar-refractivity contribution in [1.29, 1.82) is 0 Å². The van der Waals surface area contributed by atoms with E-state index in [-0.39, 0.29) is 17.6 Å². The highest BCUT2D eigenvalue weighted by molar-refractivity contribution is 5.76. The highest BCUT2D eigenvalue weighted by Crippen LogP contribution is 2.41. The molecule has 0 aromatic heterocycles. The molecule has 1 aliphatic rings. The van der Waals surface area contributed by atoms with Crippen LogP contribution in [0.25, 0.3) is 0 Å². The van der Waals surface area contributed by atoms with Gasteiger partial charge in [-0.2, -0.15) is 0 Å². The average molecular weight is 383 g/mol. The van der Waals surface area contributed by atoms with Crippen LogP contribution < -0.4 is 19.5 Å². The van der Waals surface area contributed by atoms with E-state index in [0.29, 0.717) is 25.9 Å². The van der Waals surface area contributed by atoms with Crippen LogP contribution in [0.5, 0.6) is 17.2 Å². The van der Waals surface area contributed by atoms with Gasteiger partial charge < -0.3 is 19.5 Å². The van der Waals surface area contributed by atoms with Crippen LogP contribution >= 0.6 is 0 Å². The van der Waals surface area contributed by atoms with Gasteiger partial charge in [0.25, 0.3) is 0 Å². The van der Waals surface area contributed by atoms with Crippen molar-refractivity contribution in [2.45, 2.75) is 51.7 Å². The zero-order valence-electron chi connectivity index (χ0n) is 17.1. The molecule has 2 aromatic rings. The van der Waals surface area contributed by atoms with Gasteiger partial charge in [-0.15, -0.1) is 0 Å². The van der Waals surface area contributed by atoms with Crippen molar-refractivity contribution in [3.05, 3.63) is 53.6 Å². The monoisotopic (exact) mass is 383 g/mol. The lowest BCUT2D eigenvalue weighted by atomic mass is 9.89. The molecule has 0 spiro atoms. The van der Waals surface area contributed by atoms with Crippen molar-refractivity contribution in [1.82, 2.24) is 5.32 Å². The second-order valence-electron chi connectivity index (χ2n) is 7.85. The van der Waals surface area contributed by atoms with Crippen molar-refractivity contribution >= 4 is 5.91 Å². The van der Waals surface area contributed by atoms with E-state index in [1.54, 1.807) is 7.11 Å². The van der Waals surface area contributed by atoms with Crippen LogP contribution in [0.15, 0.2) is 42.5 Å². The Morgan fingerprint density at radius 3 is 2.61 bits per heavy atom. The molecule has 5 heteroatoms. The molecular formula is C23H29NO4. The van der Waals surface area contributed by atoms with E-state index in [4.69, 9.17) is 14.2 Å². The molecule has 0 saturated heterocycles. The summed E-state index contributed by atoms with van der Waals surface area (Å²) in [6.07, 6.45) is 1.79. The number of ether oxygens (including phenoxy) is 3. The van der Waals surface area contributed by atoms with Gasteiger partial charge in [-0.1, -0.05) is 17.7 Å². The number of hydrogen-bond acceptors (Lipinski definition) is 4. The van der Waals surface area contributed by atoms with E-state index >= 15 is 0 Å². The van der Waals surface area contributed by atoms with Crippen LogP contribution in [0, 0.1) is 6.92 Å². The summed E-state index contributed by atoms with van der Waals surface area (Å²) in [5.41, 5.74) is 1.82. The lowest BCUT2D eigenvalue weighted by molar-refractivity contribution is -0.122. The quantitative estimate of drug-likeness (QED) is 0.711. The molecule has 0 unspecified atom stereocenters. The Balaban J connectivity index is 1.55. The Kier molecular flexibility index (Phi) is 6.12. The van der Waals surface area contributed by atoms with E-state index in [9.17, 15) is 4.79 Å². The first-order valence-corrected chi connectivity index (χ1v) is 9.72. The smallest absolute Gasteiger partial charge is 0.220 e. The third-order valence-electron chi connectivity index (χ3n) is 4.85. The summed E-state index contributed by atoms with van der Waals surface area (Å²) in [4.78, 5) is 12.5. The molecule has 150 valence electrons. The maximum Gasteiger partial charge on any atom is 0.220 e. The largest absolute Gasteiger partial charge is 0.497 e. The first-order chi connectivity index (χ1) is 13.4. The SMILES string of the molecule is COc1ccc2c(c1)[C@H](NC(=O)CCCOc1ccc(C)cc1)CC(C)(C)O2. The number of fused-ring (bicyclic) bond motifs is 1. The molecule has 0 radical (unpaired) electrons. The summed E-state index contributed by atoms with van der Waals surface area (Å²) in [5, 5.41) is 3.16. The Bertz CT molecular complexity index is 814. The van der Waals surface area contributed by atoms with E-state index in [2.05, 4.69) is 5.32 Å². The molecule has 1 heterocycles. The van der Waals surface area contributed by atoms with Crippen molar-refractivity contribution < 1.29 is 19.0 Å². The van der Waals surface area contributed by atoms with Gasteiger partial charge in [0.1, 0.15) is 22.8 Å². The summed E-state index contributed by atoms with van der Waals surface area (Å²) in [6, 6.07) is 13.6. The third kappa shape index (κ3) is 5.18. The molecule has 28 heavy (non-hydrogen) atoms. The number of nitrogens with one attached hydrogen (secondary N) is 1. The molecule has 1 amide bonds. The molecule has 0 aliphatic carbocycles. The number of carbonyl (C=O) groups excluding carboxylic acids is 1. The van der Waals surface area contributed by atoms with Crippen molar-refractivity contribution in [3.8, 4) is 17.2 Å². The maximum absolute atomic E-state index is 12.5. The summed E-state index contributed by atoms with van der Waals surface area (Å²) < 4.78 is 17.1. The van der Waals surface area contributed by atoms with Gasteiger partial charge in [0.15, 0.2) is 0 Å². The van der Waals surface area contributed by atoms with E-state index in [0.717, 1.165) is 22.8 Å². The fraction of sp³-hybridized carbons (Fsp3) is 0.435. The number of rotatable bonds is 7. The number of hydrogen-bond donors (Lipinski definition) is 1. The fourth-order valence-electron chi connectivity index (χ4n) is 3.41. The number of benzene rings is 2. The number of carbonyl (C=O) groups is 1. The minimum Gasteiger partial charge on any atom is -0.497 e. The van der Waals surface area contributed by atoms with E-state index in [1.807, 2.05) is 63.2 Å². The Labute approximate surface area is 167 Å². The lowest BCUT2D eigenvalue weighted by Crippen LogP contribution is -2.41. The predicted molar refractivity (Wildman–Crippen MR) is 109 cm³/mol. The maximum atomic E-state index is 12.5. The van der Waals surface area contributed by atoms with E-state index < -0.39 is 0 Å². The van der Waals surface area contributed by atoms with Gasteiger partial charge in [0.2, 0.25) is 5.91 Å². The molecule has 3 rings (SSSR count). The number of aryl methyl sites for hydroxylation is 1. The normalized spacial score (nSPS) is 17.2. The minimum atomic E-state index is -0.339. The Hall–Kier alpha value is -2.69. The Morgan fingerprint density at radius 1 is 1.18 bits per heavy atom. The van der Waals surface area contributed by atoms with Gasteiger partial charge in [-0.3, -0.25) is 4.79 Å². The molecule has 0 bridgehead atoms. The van der Waals surface area contributed by atoms with Gasteiger partial charge in [-0.25, -0.2) is 0 Å². The van der Waals surface area contributed by atoms with Crippen LogP contribution in [-0.4, -0.2) is 25.2 Å². The Morgan fingerprint density at radius 2 is 1.89 bits per heavy atom. The standard InChI is InChI=1S/C23H29NO4/c1-16-7-9-17(10-8-16)27-13-5-6-22(25)24-20-15-23(2,3)28-21-12-11-18(26-4)14-19(20)21/h7-12,14,20H,5-6,13,15H2,1-4H3,(H,24,25)/t20-/m1/s1. The van der Waals surface area contributed by atoms with Crippen LogP contribution in [0.3, 0.4) is 0 Å². The first kappa shape index (κ1) is 20.1. The van der Waals surface area contributed by atoms with Gasteiger partial charge in [0.05, 0.1) is 19.8 Å². The fourth-order valence-corrected chi connectivity index (χ4v) is 3.41. The molecule has 1 atom stereocenters. The highest BCUT2D eigenvalue weighted by atomic mass is 16.5. The number of amides is 1. The highest BCUT2D eigenvalue weighted by Gasteiger charge is 2.34. The summed E-state index contributed by atoms with van der Waals surface area (Å²) in [5.74, 6) is 2.40. The van der Waals surface area contributed by atoms with Gasteiger partial charge in [0, 0.05) is 18.4 Å². The molecular weight excluding hydrogens is 354 g/mol. The topological polar surface area (TPSA) is 56.8 Å². The van der Waals surface area contributed by atoms with Crippen molar-refractivity contribution in [3.63, 3.8) is 0 Å². The minimum absolute atomic E-state index is 0.0176. The molecule has 5 nitrogen and oxygen atoms in total. The van der Waals surface area contributed by atoms with Crippen molar-refractivity contribution in [2.75, 3.05) is 13.7 Å². The second-order valence-corrected chi connectivity index (χ2v) is 7.85. The van der Waals surface area contributed by atoms with Crippen LogP contribution in [-0.2, 0) is 4.79 Å². The number of methoxy groups -OCH3 is 1. The van der Waals surface area contributed by atoms with Gasteiger partial charge >= 0.3 is 0 Å². The molecule has 0 fully saturated rings. The zero-order valence-corrected chi connectivity index (χ0v) is 17.1. The molecule has 1 aliphatic heterocycles. The van der Waals surface area contributed by atoms with Crippen LogP contribution in [0.4, 0.5) is 0 Å². The van der Waals surface area contributed by atoms with E-state index in [1.165, 1.54) is 5.56 Å². The van der Waals surface area contributed by atoms with Gasteiger partial charge in [-0.05, 0) is 57.5 Å². The van der Waals surface area contributed by atoms with Crippen LogP contribution in [0.2, 0.25) is 0 Å². The average Bonchev–Trinajstić information content (AvgIpc) is 2.65. The third-order valence-corrected chi connectivity index (χ3v) is 4.85. The molecule has 2 aromatic carbocycles. The molecule has 1 N–H and O–H groups in total. The molecule has 0 saturated carbocycles. The summed E-state index contributed by atoms with van der Waals surface area (Å²) in [6.45, 7) is 6.63. The predicted octanol–water partition coefficient (Wildman–Crippen LogP) is 4.58. The van der Waals surface area contributed by atoms with Crippen molar-refractivity contribution in [2.24, 2.45) is 0 Å². The van der Waals surface area contributed by atoms with Crippen LogP contribution in [0.1, 0.15) is 50.3 Å². The summed E-state index contributed by atoms with van der Waals surface area (Å²) >= 11 is 0. The second kappa shape index (κ2) is 8.55. The summed E-state index contributed by atoms with van der Waals surface area (Å²) in [7, 11) is 1.64. The first-order valence-electron chi connectivity index (χ1n) is 9.72.